The zero-order valence-electron chi connectivity index (χ0n) is 21.3. The van der Waals surface area contributed by atoms with Crippen LogP contribution in [0.5, 0.6) is 5.75 Å². The van der Waals surface area contributed by atoms with Crippen LogP contribution in [0.3, 0.4) is 0 Å². The summed E-state index contributed by atoms with van der Waals surface area (Å²) >= 11 is -0.119. The number of carbonyl (C=O) groups is 1. The van der Waals surface area contributed by atoms with Gasteiger partial charge in [0, 0.05) is 40.0 Å². The molecule has 0 saturated carbocycles. The number of alkyl halides is 3. The summed E-state index contributed by atoms with van der Waals surface area (Å²) in [7, 11) is 1.60. The second-order valence-corrected chi connectivity index (χ2v) is 10.1. The van der Waals surface area contributed by atoms with Gasteiger partial charge < -0.3 is 9.64 Å². The molecule has 0 aliphatic carbocycles. The molecule has 0 bridgehead atoms. The SMILES string of the molecule is CCN1/C(=C\C=N\NC(=O)c2ccccc2)C(C)(Cc2cccc(SC(F)(F)F)c2)c2cc(OC)ccc21. The minimum Gasteiger partial charge on any atom is -0.497 e. The van der Waals surface area contributed by atoms with E-state index in [0.29, 0.717) is 24.3 Å². The number of anilines is 1. The molecule has 0 aromatic heterocycles. The first-order valence-electron chi connectivity index (χ1n) is 12.0. The number of nitrogens with one attached hydrogen (secondary N) is 1. The van der Waals surface area contributed by atoms with Crippen LogP contribution >= 0.6 is 11.8 Å². The molecule has 198 valence electrons. The van der Waals surface area contributed by atoms with Crippen molar-refractivity contribution >= 4 is 29.6 Å². The van der Waals surface area contributed by atoms with Gasteiger partial charge in [-0.25, -0.2) is 5.43 Å². The Morgan fingerprint density at radius 2 is 1.87 bits per heavy atom. The minimum absolute atomic E-state index is 0.119. The maximum atomic E-state index is 13.0. The van der Waals surface area contributed by atoms with Crippen LogP contribution in [-0.4, -0.2) is 31.3 Å². The van der Waals surface area contributed by atoms with E-state index in [4.69, 9.17) is 4.74 Å². The smallest absolute Gasteiger partial charge is 0.446 e. The summed E-state index contributed by atoms with van der Waals surface area (Å²) in [5.41, 5.74) is 1.75. The van der Waals surface area contributed by atoms with E-state index in [1.54, 1.807) is 43.5 Å². The summed E-state index contributed by atoms with van der Waals surface area (Å²) < 4.78 is 44.5. The third-order valence-corrected chi connectivity index (χ3v) is 7.18. The van der Waals surface area contributed by atoms with Crippen LogP contribution in [0.2, 0.25) is 0 Å². The third-order valence-electron chi connectivity index (χ3n) is 6.46. The predicted octanol–water partition coefficient (Wildman–Crippen LogP) is 6.95. The lowest BCUT2D eigenvalue weighted by atomic mass is 9.76. The fraction of sp³-hybridized carbons (Fsp3) is 0.241. The Morgan fingerprint density at radius 1 is 1.11 bits per heavy atom. The highest BCUT2D eigenvalue weighted by Gasteiger charge is 2.43. The molecule has 0 radical (unpaired) electrons. The van der Waals surface area contributed by atoms with Crippen LogP contribution in [0.4, 0.5) is 18.9 Å². The summed E-state index contributed by atoms with van der Waals surface area (Å²) in [6.45, 7) is 4.75. The second-order valence-electron chi connectivity index (χ2n) is 8.97. The zero-order valence-corrected chi connectivity index (χ0v) is 22.1. The fourth-order valence-corrected chi connectivity index (χ4v) is 5.43. The number of halogens is 3. The molecule has 38 heavy (non-hydrogen) atoms. The van der Waals surface area contributed by atoms with Crippen LogP contribution in [0, 0.1) is 0 Å². The van der Waals surface area contributed by atoms with Crippen molar-refractivity contribution in [2.24, 2.45) is 5.10 Å². The number of rotatable bonds is 8. The summed E-state index contributed by atoms with van der Waals surface area (Å²) in [4.78, 5) is 14.6. The standard InChI is InChI=1S/C29H28F3N3O2S/c1-4-35-25-14-13-22(37-3)18-24(25)28(2,19-20-9-8-12-23(17-20)38-29(30,31)32)26(35)15-16-33-34-27(36)21-10-6-5-7-11-21/h5-18H,4,19H2,1-3H3,(H,34,36)/b26-15-,33-16+. The minimum atomic E-state index is -4.36. The monoisotopic (exact) mass is 539 g/mol. The number of carbonyl (C=O) groups excluding carboxylic acids is 1. The molecule has 4 rings (SSSR count). The highest BCUT2D eigenvalue weighted by atomic mass is 32.2. The molecular weight excluding hydrogens is 511 g/mol. The summed E-state index contributed by atoms with van der Waals surface area (Å²) in [6.07, 6.45) is 3.83. The number of ether oxygens (including phenoxy) is 1. The van der Waals surface area contributed by atoms with Gasteiger partial charge >= 0.3 is 5.51 Å². The van der Waals surface area contributed by atoms with Crippen molar-refractivity contribution in [1.29, 1.82) is 0 Å². The Labute approximate surface area is 224 Å². The first kappa shape index (κ1) is 27.3. The average molecular weight is 540 g/mol. The van der Waals surface area contributed by atoms with Gasteiger partial charge in [-0.1, -0.05) is 30.3 Å². The molecule has 1 atom stereocenters. The van der Waals surface area contributed by atoms with E-state index in [-0.39, 0.29) is 22.6 Å². The molecule has 1 N–H and O–H groups in total. The summed E-state index contributed by atoms with van der Waals surface area (Å²) in [5, 5.41) is 4.12. The number of benzene rings is 3. The van der Waals surface area contributed by atoms with Crippen molar-refractivity contribution in [2.75, 3.05) is 18.6 Å². The normalized spacial score (nSPS) is 18.2. The molecule has 9 heteroatoms. The summed E-state index contributed by atoms with van der Waals surface area (Å²) in [6, 6.07) is 21.2. The maximum Gasteiger partial charge on any atom is 0.446 e. The number of allylic oxidation sites excluding steroid dienone is 2. The summed E-state index contributed by atoms with van der Waals surface area (Å²) in [5.74, 6) is 0.367. The van der Waals surface area contributed by atoms with Gasteiger partial charge in [-0.2, -0.15) is 18.3 Å². The van der Waals surface area contributed by atoms with E-state index < -0.39 is 10.9 Å². The molecular formula is C29H28F3N3O2S. The largest absolute Gasteiger partial charge is 0.497 e. The lowest BCUT2D eigenvalue weighted by molar-refractivity contribution is -0.0328. The van der Waals surface area contributed by atoms with Crippen molar-refractivity contribution in [2.45, 2.75) is 36.1 Å². The van der Waals surface area contributed by atoms with Gasteiger partial charge in [0.1, 0.15) is 5.75 Å². The van der Waals surface area contributed by atoms with E-state index in [2.05, 4.69) is 22.4 Å². The number of methoxy groups -OCH3 is 1. The second kappa shape index (κ2) is 11.3. The molecule has 1 unspecified atom stereocenters. The lowest BCUT2D eigenvalue weighted by Crippen LogP contribution is -2.31. The van der Waals surface area contributed by atoms with E-state index >= 15 is 0 Å². The van der Waals surface area contributed by atoms with Gasteiger partial charge in [0.25, 0.3) is 5.91 Å². The van der Waals surface area contributed by atoms with Gasteiger partial charge in [-0.05, 0) is 91.7 Å². The van der Waals surface area contributed by atoms with Crippen molar-refractivity contribution in [3.63, 3.8) is 0 Å². The van der Waals surface area contributed by atoms with E-state index in [1.807, 2.05) is 43.3 Å². The highest BCUT2D eigenvalue weighted by molar-refractivity contribution is 8.00. The van der Waals surface area contributed by atoms with Crippen molar-refractivity contribution < 1.29 is 22.7 Å². The fourth-order valence-electron chi connectivity index (χ4n) is 4.80. The molecule has 5 nitrogen and oxygen atoms in total. The molecule has 1 aliphatic heterocycles. The Kier molecular flexibility index (Phi) is 8.16. The molecule has 1 amide bonds. The maximum absolute atomic E-state index is 13.0. The van der Waals surface area contributed by atoms with Crippen LogP contribution in [-0.2, 0) is 11.8 Å². The average Bonchev–Trinajstić information content (AvgIpc) is 3.12. The van der Waals surface area contributed by atoms with Crippen LogP contribution in [0.25, 0.3) is 0 Å². The van der Waals surface area contributed by atoms with Crippen LogP contribution in [0.1, 0.15) is 35.3 Å². The number of hydrazone groups is 1. The number of amides is 1. The number of likely N-dealkylation sites (N-methyl/N-ethyl adjacent to an activating group) is 1. The van der Waals surface area contributed by atoms with Gasteiger partial charge in [0.05, 0.1) is 7.11 Å². The van der Waals surface area contributed by atoms with Crippen molar-refractivity contribution in [1.82, 2.24) is 5.43 Å². The quantitative estimate of drug-likeness (QED) is 0.191. The molecule has 0 fully saturated rings. The Balaban J connectivity index is 1.69. The number of fused-ring (bicyclic) bond motifs is 1. The van der Waals surface area contributed by atoms with Gasteiger partial charge in [0.2, 0.25) is 0 Å². The van der Waals surface area contributed by atoms with E-state index in [9.17, 15) is 18.0 Å². The first-order valence-corrected chi connectivity index (χ1v) is 12.9. The van der Waals surface area contributed by atoms with Crippen molar-refractivity contribution in [3.8, 4) is 5.75 Å². The number of hydrogen-bond acceptors (Lipinski definition) is 5. The molecule has 1 heterocycles. The van der Waals surface area contributed by atoms with Crippen LogP contribution < -0.4 is 15.1 Å². The Bertz CT molecular complexity index is 1360. The highest BCUT2D eigenvalue weighted by Crippen LogP contribution is 2.51. The Morgan fingerprint density at radius 3 is 2.55 bits per heavy atom. The molecule has 3 aromatic rings. The van der Waals surface area contributed by atoms with Gasteiger partial charge in [-0.3, -0.25) is 4.79 Å². The van der Waals surface area contributed by atoms with E-state index in [0.717, 1.165) is 22.5 Å². The lowest BCUT2D eigenvalue weighted by Gasteiger charge is -2.30. The van der Waals surface area contributed by atoms with Gasteiger partial charge in [0.15, 0.2) is 0 Å². The predicted molar refractivity (Wildman–Crippen MR) is 146 cm³/mol. The number of hydrogen-bond donors (Lipinski definition) is 1. The van der Waals surface area contributed by atoms with Gasteiger partial charge in [-0.15, -0.1) is 0 Å². The zero-order chi connectivity index (χ0) is 27.3. The molecule has 3 aromatic carbocycles. The Hall–Kier alpha value is -3.72. The van der Waals surface area contributed by atoms with E-state index in [1.165, 1.54) is 12.3 Å². The first-order chi connectivity index (χ1) is 18.1. The molecule has 1 aliphatic rings. The molecule has 0 saturated heterocycles. The molecule has 0 spiro atoms. The van der Waals surface area contributed by atoms with Crippen molar-refractivity contribution in [3.05, 3.63) is 101 Å². The number of nitrogens with zero attached hydrogens (tertiary/aromatic N) is 2. The topological polar surface area (TPSA) is 53.9 Å². The van der Waals surface area contributed by atoms with Crippen LogP contribution in [0.15, 0.2) is 94.6 Å². The number of thioether (sulfide) groups is 1. The third kappa shape index (κ3) is 6.05.